The van der Waals surface area contributed by atoms with Gasteiger partial charge in [0.05, 0.1) is 13.7 Å². The quantitative estimate of drug-likeness (QED) is 0.548. The molecule has 2 aromatic carbocycles. The molecule has 146 valence electrons. The van der Waals surface area contributed by atoms with Crippen LogP contribution in [0.2, 0.25) is 0 Å². The molecule has 0 aliphatic carbocycles. The Hall–Kier alpha value is -2.83. The molecule has 0 aromatic heterocycles. The molecule has 0 spiro atoms. The smallest absolute Gasteiger partial charge is 0.191 e. The number of halogens is 2. The van der Waals surface area contributed by atoms with Gasteiger partial charge in [-0.3, -0.25) is 4.99 Å². The lowest BCUT2D eigenvalue weighted by Crippen LogP contribution is -2.42. The zero-order valence-electron chi connectivity index (χ0n) is 15.8. The first-order valence-electron chi connectivity index (χ1n) is 8.72. The van der Waals surface area contributed by atoms with Gasteiger partial charge < -0.3 is 20.1 Å². The fourth-order valence-electron chi connectivity index (χ4n) is 2.51. The molecule has 0 bridgehead atoms. The van der Waals surface area contributed by atoms with Crippen molar-refractivity contribution in [2.24, 2.45) is 4.99 Å². The van der Waals surface area contributed by atoms with E-state index >= 15 is 0 Å². The van der Waals surface area contributed by atoms with Gasteiger partial charge in [-0.1, -0.05) is 18.2 Å². The van der Waals surface area contributed by atoms with Crippen LogP contribution in [0.25, 0.3) is 0 Å². The SMILES string of the molecule is CN=C(NCCc1c(F)cccc1F)NCC(C)Oc1ccccc1OC. The number of guanidine groups is 1. The first-order valence-corrected chi connectivity index (χ1v) is 8.72. The summed E-state index contributed by atoms with van der Waals surface area (Å²) in [5, 5.41) is 6.17. The van der Waals surface area contributed by atoms with Crippen molar-refractivity contribution in [2.75, 3.05) is 27.2 Å². The zero-order valence-corrected chi connectivity index (χ0v) is 15.8. The second kappa shape index (κ2) is 10.4. The molecule has 0 saturated heterocycles. The van der Waals surface area contributed by atoms with Crippen molar-refractivity contribution in [1.82, 2.24) is 10.6 Å². The largest absolute Gasteiger partial charge is 0.493 e. The lowest BCUT2D eigenvalue weighted by molar-refractivity contribution is 0.213. The van der Waals surface area contributed by atoms with Crippen LogP contribution in [0.3, 0.4) is 0 Å². The van der Waals surface area contributed by atoms with Gasteiger partial charge in [0.15, 0.2) is 17.5 Å². The Balaban J connectivity index is 1.79. The molecule has 1 atom stereocenters. The van der Waals surface area contributed by atoms with Crippen LogP contribution in [0, 0.1) is 11.6 Å². The summed E-state index contributed by atoms with van der Waals surface area (Å²) in [6, 6.07) is 11.3. The molecule has 0 radical (unpaired) electrons. The van der Waals surface area contributed by atoms with Crippen LogP contribution >= 0.6 is 0 Å². The second-order valence-electron chi connectivity index (χ2n) is 5.91. The Labute approximate surface area is 158 Å². The molecule has 0 fully saturated rings. The minimum Gasteiger partial charge on any atom is -0.493 e. The average molecular weight is 377 g/mol. The molecule has 0 saturated carbocycles. The molecule has 0 heterocycles. The normalized spacial score (nSPS) is 12.4. The van der Waals surface area contributed by atoms with Crippen LogP contribution in [0.5, 0.6) is 11.5 Å². The van der Waals surface area contributed by atoms with Gasteiger partial charge in [0, 0.05) is 19.2 Å². The monoisotopic (exact) mass is 377 g/mol. The highest BCUT2D eigenvalue weighted by Crippen LogP contribution is 2.26. The van der Waals surface area contributed by atoms with E-state index < -0.39 is 11.6 Å². The molecule has 7 heteroatoms. The fraction of sp³-hybridized carbons (Fsp3) is 0.350. The van der Waals surface area contributed by atoms with Gasteiger partial charge in [0.2, 0.25) is 0 Å². The van der Waals surface area contributed by atoms with Crippen LogP contribution < -0.4 is 20.1 Å². The van der Waals surface area contributed by atoms with Crippen molar-refractivity contribution in [3.05, 3.63) is 59.7 Å². The van der Waals surface area contributed by atoms with Crippen LogP contribution in [0.4, 0.5) is 8.78 Å². The fourth-order valence-corrected chi connectivity index (χ4v) is 2.51. The number of benzene rings is 2. The predicted octanol–water partition coefficient (Wildman–Crippen LogP) is 3.15. The number of aliphatic imine (C=N–C) groups is 1. The highest BCUT2D eigenvalue weighted by Gasteiger charge is 2.10. The molecule has 2 N–H and O–H groups in total. The lowest BCUT2D eigenvalue weighted by Gasteiger charge is -2.19. The Morgan fingerprint density at radius 3 is 2.33 bits per heavy atom. The summed E-state index contributed by atoms with van der Waals surface area (Å²) in [6.07, 6.45) is 0.0656. The molecule has 27 heavy (non-hydrogen) atoms. The van der Waals surface area contributed by atoms with Crippen LogP contribution in [-0.4, -0.2) is 39.3 Å². The number of rotatable bonds is 8. The van der Waals surface area contributed by atoms with E-state index in [2.05, 4.69) is 15.6 Å². The molecular formula is C20H25F2N3O2. The third-order valence-corrected chi connectivity index (χ3v) is 3.91. The highest BCUT2D eigenvalue weighted by atomic mass is 19.1. The van der Waals surface area contributed by atoms with Crippen molar-refractivity contribution >= 4 is 5.96 Å². The van der Waals surface area contributed by atoms with Gasteiger partial charge in [0.25, 0.3) is 0 Å². The first-order chi connectivity index (χ1) is 13.0. The van der Waals surface area contributed by atoms with Crippen molar-refractivity contribution in [2.45, 2.75) is 19.4 Å². The summed E-state index contributed by atoms with van der Waals surface area (Å²) in [5.41, 5.74) is 0.0633. The van der Waals surface area contributed by atoms with Gasteiger partial charge in [-0.05, 0) is 37.6 Å². The van der Waals surface area contributed by atoms with Crippen molar-refractivity contribution < 1.29 is 18.3 Å². The van der Waals surface area contributed by atoms with Gasteiger partial charge in [-0.25, -0.2) is 8.78 Å². The van der Waals surface area contributed by atoms with E-state index in [1.807, 2.05) is 31.2 Å². The molecule has 1 unspecified atom stereocenters. The maximum Gasteiger partial charge on any atom is 0.191 e. The van der Waals surface area contributed by atoms with Crippen LogP contribution in [0.15, 0.2) is 47.5 Å². The third kappa shape index (κ3) is 6.13. The maximum atomic E-state index is 13.6. The van der Waals surface area contributed by atoms with E-state index in [1.165, 1.54) is 18.2 Å². The molecule has 0 aliphatic heterocycles. The predicted molar refractivity (Wildman–Crippen MR) is 103 cm³/mol. The first kappa shape index (κ1) is 20.5. The topological polar surface area (TPSA) is 54.9 Å². The summed E-state index contributed by atoms with van der Waals surface area (Å²) in [5.74, 6) is 0.769. The standard InChI is InChI=1S/C20H25F2N3O2/c1-14(27-19-10-5-4-9-18(19)26-3)13-25-20(23-2)24-12-11-15-16(21)7-6-8-17(15)22/h4-10,14H,11-13H2,1-3H3,(H2,23,24,25). The minimum atomic E-state index is -0.543. The van der Waals surface area contributed by atoms with Gasteiger partial charge >= 0.3 is 0 Å². The van der Waals surface area contributed by atoms with Crippen molar-refractivity contribution in [1.29, 1.82) is 0 Å². The van der Waals surface area contributed by atoms with E-state index in [4.69, 9.17) is 9.47 Å². The van der Waals surface area contributed by atoms with E-state index in [0.29, 0.717) is 30.5 Å². The summed E-state index contributed by atoms with van der Waals surface area (Å²) in [4.78, 5) is 4.10. The summed E-state index contributed by atoms with van der Waals surface area (Å²) in [6.45, 7) is 2.76. The summed E-state index contributed by atoms with van der Waals surface area (Å²) >= 11 is 0. The number of methoxy groups -OCH3 is 1. The number of nitrogens with zero attached hydrogens (tertiary/aromatic N) is 1. The number of ether oxygens (including phenoxy) is 2. The van der Waals surface area contributed by atoms with E-state index in [0.717, 1.165) is 0 Å². The minimum absolute atomic E-state index is 0.0633. The summed E-state index contributed by atoms with van der Waals surface area (Å²) in [7, 11) is 3.22. The van der Waals surface area contributed by atoms with Crippen LogP contribution in [-0.2, 0) is 6.42 Å². The van der Waals surface area contributed by atoms with Crippen LogP contribution in [0.1, 0.15) is 12.5 Å². The summed E-state index contributed by atoms with van der Waals surface area (Å²) < 4.78 is 38.4. The number of para-hydroxylation sites is 2. The molecule has 0 aliphatic rings. The van der Waals surface area contributed by atoms with E-state index in [1.54, 1.807) is 14.2 Å². The molecular weight excluding hydrogens is 352 g/mol. The Morgan fingerprint density at radius 1 is 1.04 bits per heavy atom. The van der Waals surface area contributed by atoms with E-state index in [-0.39, 0.29) is 18.1 Å². The van der Waals surface area contributed by atoms with Gasteiger partial charge in [-0.15, -0.1) is 0 Å². The average Bonchev–Trinajstić information content (AvgIpc) is 2.67. The zero-order chi connectivity index (χ0) is 19.6. The number of hydrogen-bond donors (Lipinski definition) is 2. The maximum absolute atomic E-state index is 13.6. The molecule has 0 amide bonds. The molecule has 2 aromatic rings. The Morgan fingerprint density at radius 2 is 1.70 bits per heavy atom. The third-order valence-electron chi connectivity index (χ3n) is 3.91. The number of nitrogens with one attached hydrogen (secondary N) is 2. The van der Waals surface area contributed by atoms with Gasteiger partial charge in [-0.2, -0.15) is 0 Å². The second-order valence-corrected chi connectivity index (χ2v) is 5.91. The lowest BCUT2D eigenvalue weighted by atomic mass is 10.1. The van der Waals surface area contributed by atoms with Crippen molar-refractivity contribution in [3.8, 4) is 11.5 Å². The van der Waals surface area contributed by atoms with Gasteiger partial charge in [0.1, 0.15) is 17.7 Å². The Kier molecular flexibility index (Phi) is 7.85. The van der Waals surface area contributed by atoms with Crippen molar-refractivity contribution in [3.63, 3.8) is 0 Å². The number of hydrogen-bond acceptors (Lipinski definition) is 3. The highest BCUT2D eigenvalue weighted by molar-refractivity contribution is 5.79. The Bertz CT molecular complexity index is 748. The molecule has 2 rings (SSSR count). The van der Waals surface area contributed by atoms with E-state index in [9.17, 15) is 8.78 Å². The molecule has 5 nitrogen and oxygen atoms in total.